The van der Waals surface area contributed by atoms with Crippen LogP contribution >= 0.6 is 27.5 Å². The van der Waals surface area contributed by atoms with Gasteiger partial charge < -0.3 is 10.3 Å². The van der Waals surface area contributed by atoms with Gasteiger partial charge in [0.15, 0.2) is 0 Å². The fraction of sp³-hybridized carbons (Fsp3) is 0. The molecular formula is C15H9BrClFN2O. The number of aromatic nitrogens is 1. The molecule has 0 radical (unpaired) electrons. The maximum absolute atomic E-state index is 14.0. The molecule has 0 amide bonds. The topological polar surface area (TPSA) is 52.0 Å². The highest BCUT2D eigenvalue weighted by Crippen LogP contribution is 2.38. The molecule has 3 rings (SSSR count). The van der Waals surface area contributed by atoms with Crippen LogP contribution in [-0.4, -0.2) is 5.16 Å². The predicted molar refractivity (Wildman–Crippen MR) is 84.5 cm³/mol. The summed E-state index contributed by atoms with van der Waals surface area (Å²) in [5.74, 6) is -0.328. The monoisotopic (exact) mass is 366 g/mol. The van der Waals surface area contributed by atoms with E-state index < -0.39 is 5.82 Å². The van der Waals surface area contributed by atoms with Crippen molar-refractivity contribution in [1.29, 1.82) is 0 Å². The summed E-state index contributed by atoms with van der Waals surface area (Å²) in [6.07, 6.45) is 0. The van der Waals surface area contributed by atoms with Gasteiger partial charge in [0.2, 0.25) is 5.88 Å². The van der Waals surface area contributed by atoms with E-state index in [0.29, 0.717) is 27.4 Å². The van der Waals surface area contributed by atoms with Crippen LogP contribution in [0, 0.1) is 5.82 Å². The molecule has 0 saturated heterocycles. The van der Waals surface area contributed by atoms with Gasteiger partial charge in [-0.05, 0) is 34.1 Å². The molecule has 0 aliphatic heterocycles. The highest BCUT2D eigenvalue weighted by Gasteiger charge is 2.20. The molecule has 106 valence electrons. The van der Waals surface area contributed by atoms with Gasteiger partial charge in [0, 0.05) is 15.6 Å². The summed E-state index contributed by atoms with van der Waals surface area (Å²) in [6.45, 7) is 0. The molecule has 0 spiro atoms. The van der Waals surface area contributed by atoms with Crippen LogP contribution in [-0.2, 0) is 0 Å². The molecular weight excluding hydrogens is 359 g/mol. The SMILES string of the molecule is Nc1onc(-c2ccc(Br)c(Cl)c2)c1-c1ccccc1F. The van der Waals surface area contributed by atoms with E-state index in [2.05, 4.69) is 21.1 Å². The van der Waals surface area contributed by atoms with Gasteiger partial charge in [0.25, 0.3) is 0 Å². The summed E-state index contributed by atoms with van der Waals surface area (Å²) >= 11 is 9.41. The molecule has 0 aliphatic rings. The van der Waals surface area contributed by atoms with Crippen LogP contribution in [0.3, 0.4) is 0 Å². The van der Waals surface area contributed by atoms with Crippen LogP contribution < -0.4 is 5.73 Å². The van der Waals surface area contributed by atoms with E-state index in [4.69, 9.17) is 21.9 Å². The van der Waals surface area contributed by atoms with Crippen LogP contribution in [0.25, 0.3) is 22.4 Å². The first-order chi connectivity index (χ1) is 10.1. The van der Waals surface area contributed by atoms with E-state index in [1.807, 2.05) is 0 Å². The Morgan fingerprint density at radius 3 is 2.67 bits per heavy atom. The molecule has 1 aromatic heterocycles. The number of benzene rings is 2. The second kappa shape index (κ2) is 5.50. The lowest BCUT2D eigenvalue weighted by molar-refractivity contribution is 0.439. The minimum Gasteiger partial charge on any atom is -0.367 e. The van der Waals surface area contributed by atoms with Crippen LogP contribution in [0.2, 0.25) is 5.02 Å². The number of anilines is 1. The molecule has 0 bridgehead atoms. The lowest BCUT2D eigenvalue weighted by Crippen LogP contribution is -1.90. The minimum atomic E-state index is -0.392. The third-order valence-electron chi connectivity index (χ3n) is 3.05. The normalized spacial score (nSPS) is 10.8. The number of rotatable bonds is 2. The van der Waals surface area contributed by atoms with Crippen molar-refractivity contribution in [3.05, 3.63) is 57.8 Å². The zero-order valence-corrected chi connectivity index (χ0v) is 13.0. The smallest absolute Gasteiger partial charge is 0.230 e. The van der Waals surface area contributed by atoms with Crippen molar-refractivity contribution in [3.63, 3.8) is 0 Å². The Labute approximate surface area is 133 Å². The van der Waals surface area contributed by atoms with E-state index >= 15 is 0 Å². The average molecular weight is 368 g/mol. The Bertz CT molecular complexity index is 819. The molecule has 3 nitrogen and oxygen atoms in total. The molecule has 2 N–H and O–H groups in total. The standard InChI is InChI=1S/C15H9BrClFN2O/c16-10-6-5-8(7-11(10)17)14-13(15(19)21-20-14)9-3-1-2-4-12(9)18/h1-7H,19H2. The van der Waals surface area contributed by atoms with Gasteiger partial charge in [-0.25, -0.2) is 4.39 Å². The molecule has 2 aromatic carbocycles. The summed E-state index contributed by atoms with van der Waals surface area (Å²) in [5, 5.41) is 4.46. The summed E-state index contributed by atoms with van der Waals surface area (Å²) < 4.78 is 19.8. The van der Waals surface area contributed by atoms with Gasteiger partial charge >= 0.3 is 0 Å². The Morgan fingerprint density at radius 1 is 1.19 bits per heavy atom. The first-order valence-corrected chi connectivity index (χ1v) is 7.20. The van der Waals surface area contributed by atoms with E-state index in [0.717, 1.165) is 4.47 Å². The molecule has 0 unspecified atom stereocenters. The van der Waals surface area contributed by atoms with Crippen LogP contribution in [0.5, 0.6) is 0 Å². The maximum Gasteiger partial charge on any atom is 0.230 e. The van der Waals surface area contributed by atoms with Gasteiger partial charge in [0.1, 0.15) is 11.5 Å². The third-order valence-corrected chi connectivity index (χ3v) is 4.29. The van der Waals surface area contributed by atoms with E-state index in [9.17, 15) is 4.39 Å². The number of nitrogens with two attached hydrogens (primary N) is 1. The van der Waals surface area contributed by atoms with Crippen molar-refractivity contribution < 1.29 is 8.91 Å². The van der Waals surface area contributed by atoms with E-state index in [-0.39, 0.29) is 5.88 Å². The van der Waals surface area contributed by atoms with Crippen LogP contribution in [0.4, 0.5) is 10.3 Å². The lowest BCUT2D eigenvalue weighted by atomic mass is 10.0. The first-order valence-electron chi connectivity index (χ1n) is 6.03. The van der Waals surface area contributed by atoms with Gasteiger partial charge in [0.05, 0.1) is 10.6 Å². The molecule has 0 fully saturated rings. The molecule has 0 aliphatic carbocycles. The number of hydrogen-bond acceptors (Lipinski definition) is 3. The quantitative estimate of drug-likeness (QED) is 0.682. The molecule has 3 aromatic rings. The molecule has 1 heterocycles. The van der Waals surface area contributed by atoms with Crippen molar-refractivity contribution in [2.45, 2.75) is 0 Å². The summed E-state index contributed by atoms with van der Waals surface area (Å²) in [7, 11) is 0. The predicted octanol–water partition coefficient (Wildman–Crippen LogP) is 5.15. The number of halogens is 3. The van der Waals surface area contributed by atoms with E-state index in [1.165, 1.54) is 6.07 Å². The third kappa shape index (κ3) is 2.54. The minimum absolute atomic E-state index is 0.0640. The Balaban J connectivity index is 2.22. The highest BCUT2D eigenvalue weighted by atomic mass is 79.9. The van der Waals surface area contributed by atoms with Gasteiger partial charge in [-0.1, -0.05) is 41.0 Å². The van der Waals surface area contributed by atoms with Crippen molar-refractivity contribution in [2.24, 2.45) is 0 Å². The fourth-order valence-corrected chi connectivity index (χ4v) is 2.49. The van der Waals surface area contributed by atoms with Crippen molar-refractivity contribution in [2.75, 3.05) is 5.73 Å². The molecule has 6 heteroatoms. The Morgan fingerprint density at radius 2 is 1.95 bits per heavy atom. The maximum atomic E-state index is 14.0. The summed E-state index contributed by atoms with van der Waals surface area (Å²) in [4.78, 5) is 0. The second-order valence-electron chi connectivity index (χ2n) is 4.38. The number of nitrogen functional groups attached to an aromatic ring is 1. The van der Waals surface area contributed by atoms with Crippen LogP contribution in [0.15, 0.2) is 51.5 Å². The highest BCUT2D eigenvalue weighted by molar-refractivity contribution is 9.10. The van der Waals surface area contributed by atoms with Gasteiger partial charge in [-0.2, -0.15) is 0 Å². The van der Waals surface area contributed by atoms with Crippen molar-refractivity contribution in [1.82, 2.24) is 5.16 Å². The van der Waals surface area contributed by atoms with Crippen LogP contribution in [0.1, 0.15) is 0 Å². The molecule has 0 atom stereocenters. The Hall–Kier alpha value is -1.85. The van der Waals surface area contributed by atoms with Crippen molar-refractivity contribution in [3.8, 4) is 22.4 Å². The first kappa shape index (κ1) is 14.1. The van der Waals surface area contributed by atoms with E-state index in [1.54, 1.807) is 36.4 Å². The average Bonchev–Trinajstić information content (AvgIpc) is 2.84. The second-order valence-corrected chi connectivity index (χ2v) is 5.64. The van der Waals surface area contributed by atoms with Gasteiger partial charge in [-0.15, -0.1) is 0 Å². The molecule has 21 heavy (non-hydrogen) atoms. The fourth-order valence-electron chi connectivity index (χ4n) is 2.07. The zero-order chi connectivity index (χ0) is 15.0. The zero-order valence-electron chi connectivity index (χ0n) is 10.6. The number of nitrogens with zero attached hydrogens (tertiary/aromatic N) is 1. The lowest BCUT2D eigenvalue weighted by Gasteiger charge is -2.05. The van der Waals surface area contributed by atoms with Crippen molar-refractivity contribution >= 4 is 33.4 Å². The van der Waals surface area contributed by atoms with Gasteiger partial charge in [-0.3, -0.25) is 0 Å². The summed E-state index contributed by atoms with van der Waals surface area (Å²) in [5.41, 5.74) is 7.72. The summed E-state index contributed by atoms with van der Waals surface area (Å²) in [6, 6.07) is 11.6. The largest absolute Gasteiger partial charge is 0.367 e. The Kier molecular flexibility index (Phi) is 3.69. The number of hydrogen-bond donors (Lipinski definition) is 1. The molecule has 0 saturated carbocycles.